The predicted molar refractivity (Wildman–Crippen MR) is 87.5 cm³/mol. The normalized spacial score (nSPS) is 31.6. The Bertz CT molecular complexity index is 549. The van der Waals surface area contributed by atoms with Crippen molar-refractivity contribution in [2.24, 2.45) is 5.73 Å². The van der Waals surface area contributed by atoms with Crippen molar-refractivity contribution in [1.29, 1.82) is 0 Å². The van der Waals surface area contributed by atoms with Gasteiger partial charge in [0.15, 0.2) is 0 Å². The maximum atomic E-state index is 12.7. The van der Waals surface area contributed by atoms with E-state index in [-0.39, 0.29) is 17.4 Å². The van der Waals surface area contributed by atoms with Crippen molar-refractivity contribution in [3.63, 3.8) is 0 Å². The lowest BCUT2D eigenvalue weighted by atomic mass is 9.97. The van der Waals surface area contributed by atoms with Crippen LogP contribution < -0.4 is 5.73 Å². The molecule has 3 aliphatic heterocycles. The van der Waals surface area contributed by atoms with Crippen LogP contribution in [-0.2, 0) is 19.1 Å². The van der Waals surface area contributed by atoms with Crippen molar-refractivity contribution < 1.29 is 19.1 Å². The molecule has 128 valence electrons. The van der Waals surface area contributed by atoms with Crippen LogP contribution in [0.5, 0.6) is 0 Å². The average molecular weight is 340 g/mol. The van der Waals surface area contributed by atoms with Gasteiger partial charge < -0.3 is 15.2 Å². The van der Waals surface area contributed by atoms with E-state index < -0.39 is 17.6 Å². The van der Waals surface area contributed by atoms with Crippen LogP contribution in [-0.4, -0.2) is 52.3 Å². The highest BCUT2D eigenvalue weighted by Crippen LogP contribution is 2.42. The monoisotopic (exact) mass is 340 g/mol. The van der Waals surface area contributed by atoms with Crippen LogP contribution in [0.1, 0.15) is 40.0 Å². The number of thioether (sulfide) groups is 1. The summed E-state index contributed by atoms with van der Waals surface area (Å²) in [5.41, 5.74) is 6.50. The van der Waals surface area contributed by atoms with Crippen molar-refractivity contribution in [1.82, 2.24) is 4.90 Å². The Morgan fingerprint density at radius 1 is 1.39 bits per heavy atom. The summed E-state index contributed by atoms with van der Waals surface area (Å²) >= 11 is 1.60. The molecule has 0 aliphatic carbocycles. The number of β-lactam (4-membered cyclic amide) rings is 1. The van der Waals surface area contributed by atoms with Gasteiger partial charge in [0.2, 0.25) is 5.91 Å². The third kappa shape index (κ3) is 3.14. The van der Waals surface area contributed by atoms with E-state index in [4.69, 9.17) is 15.2 Å². The quantitative estimate of drug-likeness (QED) is 0.604. The van der Waals surface area contributed by atoms with Crippen LogP contribution in [0.3, 0.4) is 0 Å². The Kier molecular flexibility index (Phi) is 4.46. The number of rotatable bonds is 2. The highest BCUT2D eigenvalue weighted by Gasteiger charge is 2.53. The van der Waals surface area contributed by atoms with Gasteiger partial charge in [-0.3, -0.25) is 9.69 Å². The molecule has 2 saturated heterocycles. The summed E-state index contributed by atoms with van der Waals surface area (Å²) in [7, 11) is 0. The van der Waals surface area contributed by atoms with Gasteiger partial charge in [-0.15, -0.1) is 11.8 Å². The van der Waals surface area contributed by atoms with E-state index in [9.17, 15) is 9.59 Å². The van der Waals surface area contributed by atoms with E-state index in [1.54, 1.807) is 11.8 Å². The topological polar surface area (TPSA) is 81.9 Å². The number of amides is 1. The van der Waals surface area contributed by atoms with Crippen molar-refractivity contribution in [3.05, 3.63) is 11.3 Å². The third-order valence-electron chi connectivity index (χ3n) is 4.20. The van der Waals surface area contributed by atoms with Crippen LogP contribution >= 0.6 is 11.8 Å². The minimum atomic E-state index is -0.612. The first-order valence-electron chi connectivity index (χ1n) is 8.08. The maximum absolute atomic E-state index is 12.7. The Labute approximate surface area is 140 Å². The molecule has 3 aliphatic rings. The van der Waals surface area contributed by atoms with Gasteiger partial charge in [-0.05, 0) is 45.6 Å². The second kappa shape index (κ2) is 6.11. The van der Waals surface area contributed by atoms with Gasteiger partial charge in [0.1, 0.15) is 22.7 Å². The Balaban J connectivity index is 1.94. The lowest BCUT2D eigenvalue weighted by molar-refractivity contribution is -0.158. The summed E-state index contributed by atoms with van der Waals surface area (Å²) in [6.07, 6.45) is 2.87. The highest BCUT2D eigenvalue weighted by atomic mass is 32.2. The van der Waals surface area contributed by atoms with Crippen molar-refractivity contribution in [3.8, 4) is 0 Å². The lowest BCUT2D eigenvalue weighted by Gasteiger charge is -2.49. The van der Waals surface area contributed by atoms with E-state index in [2.05, 4.69) is 0 Å². The summed E-state index contributed by atoms with van der Waals surface area (Å²) < 4.78 is 11.4. The molecular formula is C16H24N2O4S. The number of fused-ring (bicyclic) bond motifs is 1. The third-order valence-corrected chi connectivity index (χ3v) is 5.52. The largest absolute Gasteiger partial charge is 0.455 e. The van der Waals surface area contributed by atoms with Gasteiger partial charge in [-0.1, -0.05) is 0 Å². The molecule has 2 N–H and O–H groups in total. The second-order valence-corrected chi connectivity index (χ2v) is 8.27. The molecule has 1 unspecified atom stereocenters. The first kappa shape index (κ1) is 16.8. The molecule has 0 radical (unpaired) electrons. The van der Waals surface area contributed by atoms with Crippen LogP contribution in [0.25, 0.3) is 0 Å². The number of nitrogens with zero attached hydrogens (tertiary/aromatic N) is 1. The smallest absolute Gasteiger partial charge is 0.355 e. The number of hydrogen-bond acceptors (Lipinski definition) is 6. The van der Waals surface area contributed by atoms with E-state index >= 15 is 0 Å². The van der Waals surface area contributed by atoms with Crippen LogP contribution in [0.2, 0.25) is 0 Å². The maximum Gasteiger partial charge on any atom is 0.355 e. The molecule has 0 bridgehead atoms. The summed E-state index contributed by atoms with van der Waals surface area (Å²) in [4.78, 5) is 26.5. The fourth-order valence-corrected chi connectivity index (χ4v) is 4.47. The highest BCUT2D eigenvalue weighted by molar-refractivity contribution is 8.00. The molecule has 3 rings (SSSR count). The lowest BCUT2D eigenvalue weighted by Crippen LogP contribution is -2.69. The first-order valence-corrected chi connectivity index (χ1v) is 9.13. The van der Waals surface area contributed by atoms with Gasteiger partial charge in [-0.25, -0.2) is 4.79 Å². The van der Waals surface area contributed by atoms with Crippen LogP contribution in [0.15, 0.2) is 11.3 Å². The summed E-state index contributed by atoms with van der Waals surface area (Å²) in [6, 6.07) is -0.536. The SMILES string of the molecule is CC(C)(C)OC(=O)C1=C(C2CCCCO2)CS[C@@H]2[C@H](N)C(=O)N12. The van der Waals surface area contributed by atoms with Gasteiger partial charge in [-0.2, -0.15) is 0 Å². The molecule has 23 heavy (non-hydrogen) atoms. The number of ether oxygens (including phenoxy) is 2. The van der Waals surface area contributed by atoms with Gasteiger partial charge >= 0.3 is 5.97 Å². The van der Waals surface area contributed by atoms with Crippen molar-refractivity contribution in [2.45, 2.75) is 63.2 Å². The molecule has 3 atom stereocenters. The number of nitrogens with two attached hydrogens (primary N) is 1. The van der Waals surface area contributed by atoms with E-state index in [1.807, 2.05) is 20.8 Å². The molecule has 0 spiro atoms. The number of esters is 1. The molecule has 6 nitrogen and oxygen atoms in total. The van der Waals surface area contributed by atoms with Crippen LogP contribution in [0, 0.1) is 0 Å². The number of carbonyl (C=O) groups is 2. The van der Waals surface area contributed by atoms with Crippen molar-refractivity contribution >= 4 is 23.6 Å². The molecule has 0 aromatic carbocycles. The number of carbonyl (C=O) groups excluding carboxylic acids is 2. The average Bonchev–Trinajstić information content (AvgIpc) is 2.51. The molecule has 3 heterocycles. The van der Waals surface area contributed by atoms with Gasteiger partial charge in [0.05, 0.1) is 6.10 Å². The molecule has 2 fully saturated rings. The predicted octanol–water partition coefficient (Wildman–Crippen LogP) is 1.39. The van der Waals surface area contributed by atoms with E-state index in [0.717, 1.165) is 24.8 Å². The second-order valence-electron chi connectivity index (χ2n) is 7.17. The molecule has 1 amide bonds. The summed E-state index contributed by atoms with van der Waals surface area (Å²) in [6.45, 7) is 6.15. The Morgan fingerprint density at radius 2 is 2.13 bits per heavy atom. The van der Waals surface area contributed by atoms with E-state index in [1.165, 1.54) is 4.90 Å². The minimum absolute atomic E-state index is 0.107. The zero-order valence-electron chi connectivity index (χ0n) is 13.8. The Hall–Kier alpha value is -1.05. The fraction of sp³-hybridized carbons (Fsp3) is 0.750. The van der Waals surface area contributed by atoms with Crippen LogP contribution in [0.4, 0.5) is 0 Å². The summed E-state index contributed by atoms with van der Waals surface area (Å²) in [5, 5.41) is -0.169. The molecule has 0 aromatic rings. The first-order chi connectivity index (χ1) is 10.8. The molecule has 0 aromatic heterocycles. The molecule has 7 heteroatoms. The Morgan fingerprint density at radius 3 is 2.74 bits per heavy atom. The fourth-order valence-electron chi connectivity index (χ4n) is 3.12. The summed E-state index contributed by atoms with van der Waals surface area (Å²) in [5.74, 6) is -0.00918. The van der Waals surface area contributed by atoms with E-state index in [0.29, 0.717) is 18.1 Å². The zero-order valence-corrected chi connectivity index (χ0v) is 14.6. The number of hydrogen-bond donors (Lipinski definition) is 1. The van der Waals surface area contributed by atoms with Gasteiger partial charge in [0.25, 0.3) is 0 Å². The minimum Gasteiger partial charge on any atom is -0.455 e. The van der Waals surface area contributed by atoms with Crippen molar-refractivity contribution in [2.75, 3.05) is 12.4 Å². The molecule has 0 saturated carbocycles. The van der Waals surface area contributed by atoms with Gasteiger partial charge in [0, 0.05) is 12.4 Å². The standard InChI is InChI=1S/C16H24N2O4S/c1-16(2,3)22-15(20)12-9(10-6-4-5-7-21-10)8-23-14-11(17)13(19)18(12)14/h10-11,14H,4-8,17H2,1-3H3/t10?,11-,14-/m1/s1. The molecular weight excluding hydrogens is 316 g/mol. The zero-order chi connectivity index (χ0) is 16.8.